The lowest BCUT2D eigenvalue weighted by Crippen LogP contribution is -2.24. The van der Waals surface area contributed by atoms with Gasteiger partial charge in [0.1, 0.15) is 0 Å². The molecular formula is C23H20F3NO3. The summed E-state index contributed by atoms with van der Waals surface area (Å²) in [5.41, 5.74) is 1.26. The second-order valence-electron chi connectivity index (χ2n) is 6.79. The first-order valence-electron chi connectivity index (χ1n) is 9.29. The number of esters is 1. The number of halogens is 3. The molecule has 1 amide bonds. The molecule has 7 heteroatoms. The summed E-state index contributed by atoms with van der Waals surface area (Å²) in [7, 11) is 1.19. The summed E-state index contributed by atoms with van der Waals surface area (Å²) in [4.78, 5) is 26.7. The first-order chi connectivity index (χ1) is 14.2. The highest BCUT2D eigenvalue weighted by atomic mass is 19.4. The maximum Gasteiger partial charge on any atom is 0.416 e. The van der Waals surface area contributed by atoms with Crippen LogP contribution in [-0.2, 0) is 26.9 Å². The largest absolute Gasteiger partial charge is 0.465 e. The van der Waals surface area contributed by atoms with Crippen LogP contribution in [0.4, 0.5) is 18.9 Å². The van der Waals surface area contributed by atoms with E-state index >= 15 is 0 Å². The molecule has 0 radical (unpaired) electrons. The van der Waals surface area contributed by atoms with Crippen molar-refractivity contribution in [2.24, 2.45) is 0 Å². The van der Waals surface area contributed by atoms with Gasteiger partial charge in [-0.2, -0.15) is 13.2 Å². The van der Waals surface area contributed by atoms with Crippen molar-refractivity contribution in [3.05, 3.63) is 82.1 Å². The molecule has 2 aromatic rings. The number of nitrogens with zero attached hydrogens (tertiary/aromatic N) is 1. The van der Waals surface area contributed by atoms with Gasteiger partial charge in [-0.3, -0.25) is 9.69 Å². The molecule has 0 atom stereocenters. The minimum absolute atomic E-state index is 0.0264. The second kappa shape index (κ2) is 8.18. The lowest BCUT2D eigenvalue weighted by atomic mass is 10.0. The van der Waals surface area contributed by atoms with Crippen LogP contribution < -0.4 is 4.90 Å². The molecule has 0 aliphatic carbocycles. The van der Waals surface area contributed by atoms with Crippen LogP contribution in [0.5, 0.6) is 0 Å². The van der Waals surface area contributed by atoms with Crippen molar-refractivity contribution in [1.29, 1.82) is 0 Å². The predicted octanol–water partition coefficient (Wildman–Crippen LogP) is 5.15. The van der Waals surface area contributed by atoms with Crippen LogP contribution in [0.1, 0.15) is 30.5 Å². The van der Waals surface area contributed by atoms with Gasteiger partial charge < -0.3 is 4.74 Å². The highest BCUT2D eigenvalue weighted by Crippen LogP contribution is 2.38. The first kappa shape index (κ1) is 21.4. The number of carbonyl (C=O) groups is 2. The van der Waals surface area contributed by atoms with Crippen LogP contribution in [0.2, 0.25) is 0 Å². The molecule has 4 nitrogen and oxygen atoms in total. The lowest BCUT2D eigenvalue weighted by Gasteiger charge is -2.19. The number of methoxy groups -OCH3 is 1. The Morgan fingerprint density at radius 2 is 1.80 bits per heavy atom. The molecule has 0 saturated heterocycles. The Morgan fingerprint density at radius 3 is 2.37 bits per heavy atom. The summed E-state index contributed by atoms with van der Waals surface area (Å²) in [6, 6.07) is 11.9. The van der Waals surface area contributed by atoms with Gasteiger partial charge in [0.15, 0.2) is 0 Å². The van der Waals surface area contributed by atoms with Gasteiger partial charge in [0.2, 0.25) is 0 Å². The van der Waals surface area contributed by atoms with E-state index in [-0.39, 0.29) is 22.5 Å². The van der Waals surface area contributed by atoms with E-state index in [1.165, 1.54) is 26.2 Å². The molecule has 1 aliphatic heterocycles. The summed E-state index contributed by atoms with van der Waals surface area (Å²) >= 11 is 0. The number of benzene rings is 2. The zero-order valence-corrected chi connectivity index (χ0v) is 16.7. The third kappa shape index (κ3) is 4.01. The molecule has 0 bridgehead atoms. The molecule has 0 fully saturated rings. The highest BCUT2D eigenvalue weighted by Gasteiger charge is 2.39. The Hall–Kier alpha value is -3.35. The number of alkyl halides is 3. The monoisotopic (exact) mass is 415 g/mol. The van der Waals surface area contributed by atoms with E-state index in [1.54, 1.807) is 6.08 Å². The van der Waals surface area contributed by atoms with Crippen LogP contribution in [0.25, 0.3) is 6.08 Å². The van der Waals surface area contributed by atoms with Crippen molar-refractivity contribution in [1.82, 2.24) is 0 Å². The molecule has 2 aromatic carbocycles. The van der Waals surface area contributed by atoms with Gasteiger partial charge in [0.25, 0.3) is 5.91 Å². The first-order valence-corrected chi connectivity index (χ1v) is 9.29. The van der Waals surface area contributed by atoms with Gasteiger partial charge in [-0.25, -0.2) is 4.79 Å². The van der Waals surface area contributed by atoms with E-state index in [4.69, 9.17) is 4.74 Å². The Kier molecular flexibility index (Phi) is 5.82. The standard InChI is InChI=1S/C23H20F3NO3/c1-4-15-8-10-16(11-9-15)12-19-20(22(29)30-3)14(2)27(21(19)28)18-7-5-6-17(13-18)23(24,25)26/h5-13H,4H2,1-3H3/b19-12-. The van der Waals surface area contributed by atoms with E-state index in [0.717, 1.165) is 29.0 Å². The molecule has 1 aliphatic rings. The maximum atomic E-state index is 13.2. The maximum absolute atomic E-state index is 13.2. The molecule has 0 spiro atoms. The second-order valence-corrected chi connectivity index (χ2v) is 6.79. The summed E-state index contributed by atoms with van der Waals surface area (Å²) in [5, 5.41) is 0. The number of hydrogen-bond donors (Lipinski definition) is 0. The number of hydrogen-bond acceptors (Lipinski definition) is 3. The van der Waals surface area contributed by atoms with Crippen LogP contribution in [0.3, 0.4) is 0 Å². The molecular weight excluding hydrogens is 395 g/mol. The van der Waals surface area contributed by atoms with Gasteiger partial charge in [-0.1, -0.05) is 37.3 Å². The van der Waals surface area contributed by atoms with E-state index in [2.05, 4.69) is 0 Å². The molecule has 3 rings (SSSR count). The molecule has 0 unspecified atom stereocenters. The minimum Gasteiger partial charge on any atom is -0.465 e. The van der Waals surface area contributed by atoms with Crippen molar-refractivity contribution >= 4 is 23.6 Å². The average Bonchev–Trinajstić information content (AvgIpc) is 2.97. The fourth-order valence-electron chi connectivity index (χ4n) is 3.33. The Labute approximate surface area is 172 Å². The molecule has 0 N–H and O–H groups in total. The van der Waals surface area contributed by atoms with Crippen LogP contribution in [-0.4, -0.2) is 19.0 Å². The number of amides is 1. The normalized spacial score (nSPS) is 15.9. The summed E-state index contributed by atoms with van der Waals surface area (Å²) in [6.45, 7) is 3.52. The van der Waals surface area contributed by atoms with Crippen LogP contribution in [0, 0.1) is 0 Å². The summed E-state index contributed by atoms with van der Waals surface area (Å²) in [6.07, 6.45) is -2.15. The van der Waals surface area contributed by atoms with Crippen LogP contribution >= 0.6 is 0 Å². The van der Waals surface area contributed by atoms with Gasteiger partial charge >= 0.3 is 12.1 Å². The Morgan fingerprint density at radius 1 is 1.13 bits per heavy atom. The number of rotatable bonds is 4. The molecule has 0 aromatic heterocycles. The van der Waals surface area contributed by atoms with Gasteiger partial charge in [0, 0.05) is 11.4 Å². The van der Waals surface area contributed by atoms with Gasteiger partial charge in [0.05, 0.1) is 23.8 Å². The van der Waals surface area contributed by atoms with Gasteiger partial charge in [-0.15, -0.1) is 0 Å². The fourth-order valence-corrected chi connectivity index (χ4v) is 3.33. The third-order valence-corrected chi connectivity index (χ3v) is 4.92. The molecule has 1 heterocycles. The van der Waals surface area contributed by atoms with E-state index in [0.29, 0.717) is 5.56 Å². The fraction of sp³-hybridized carbons (Fsp3) is 0.217. The lowest BCUT2D eigenvalue weighted by molar-refractivity contribution is -0.137. The predicted molar refractivity (Wildman–Crippen MR) is 107 cm³/mol. The minimum atomic E-state index is -4.55. The zero-order valence-electron chi connectivity index (χ0n) is 16.7. The quantitative estimate of drug-likeness (QED) is 0.513. The Balaban J connectivity index is 2.11. The number of aryl methyl sites for hydroxylation is 1. The number of anilines is 1. The highest BCUT2D eigenvalue weighted by molar-refractivity contribution is 6.23. The molecule has 156 valence electrons. The van der Waals surface area contributed by atoms with E-state index in [9.17, 15) is 22.8 Å². The van der Waals surface area contributed by atoms with Crippen molar-refractivity contribution in [3.63, 3.8) is 0 Å². The molecule has 30 heavy (non-hydrogen) atoms. The zero-order chi connectivity index (χ0) is 22.1. The Bertz CT molecular complexity index is 1050. The van der Waals surface area contributed by atoms with E-state index in [1.807, 2.05) is 31.2 Å². The number of ether oxygens (including phenoxy) is 1. The van der Waals surface area contributed by atoms with Crippen molar-refractivity contribution < 1.29 is 27.5 Å². The number of allylic oxidation sites excluding steroid dienone is 1. The van der Waals surface area contributed by atoms with Crippen molar-refractivity contribution in [2.75, 3.05) is 12.0 Å². The van der Waals surface area contributed by atoms with Crippen molar-refractivity contribution in [3.8, 4) is 0 Å². The van der Waals surface area contributed by atoms with Crippen molar-refractivity contribution in [2.45, 2.75) is 26.4 Å². The smallest absolute Gasteiger partial charge is 0.416 e. The van der Waals surface area contributed by atoms with Gasteiger partial charge in [-0.05, 0) is 48.7 Å². The average molecular weight is 415 g/mol. The summed E-state index contributed by atoms with van der Waals surface area (Å²) < 4.78 is 44.2. The summed E-state index contributed by atoms with van der Waals surface area (Å²) in [5.74, 6) is -1.32. The van der Waals surface area contributed by atoms with Crippen LogP contribution in [0.15, 0.2) is 65.4 Å². The molecule has 0 saturated carbocycles. The SMILES string of the molecule is CCc1ccc(/C=C2\C(=O)N(c3cccc(C(F)(F)F)c3)C(C)=C2C(=O)OC)cc1. The van der Waals surface area contributed by atoms with E-state index < -0.39 is 23.6 Å². The topological polar surface area (TPSA) is 46.6 Å². The third-order valence-electron chi connectivity index (χ3n) is 4.92. The number of carbonyl (C=O) groups excluding carboxylic acids is 2.